The molecule has 0 atom stereocenters. The second kappa shape index (κ2) is 4.45. The number of hydrogen-bond acceptors (Lipinski definition) is 2. The van der Waals surface area contributed by atoms with Gasteiger partial charge in [0.15, 0.2) is 0 Å². The van der Waals surface area contributed by atoms with Gasteiger partial charge in [0.1, 0.15) is 10.9 Å². The molecule has 1 heterocycles. The van der Waals surface area contributed by atoms with Gasteiger partial charge in [-0.15, -0.1) is 0 Å². The van der Waals surface area contributed by atoms with E-state index in [4.69, 9.17) is 11.6 Å². The summed E-state index contributed by atoms with van der Waals surface area (Å²) in [5.74, 6) is 0.313. The average Bonchev–Trinajstić information content (AvgIpc) is 2.80. The first-order chi connectivity index (χ1) is 7.94. The van der Waals surface area contributed by atoms with E-state index in [1.165, 1.54) is 12.8 Å². The predicted octanol–water partition coefficient (Wildman–Crippen LogP) is 3.07. The number of carbonyl (C=O) groups is 1. The van der Waals surface area contributed by atoms with Crippen LogP contribution < -0.4 is 0 Å². The smallest absolute Gasteiger partial charge is 0.143 e. The molecule has 0 aromatic carbocycles. The van der Waals surface area contributed by atoms with Crippen LogP contribution in [0.4, 0.5) is 0 Å². The third-order valence-corrected chi connectivity index (χ3v) is 4.46. The normalized spacial score (nSPS) is 18.6. The molecule has 0 spiro atoms. The monoisotopic (exact) mass is 254 g/mol. The summed E-state index contributed by atoms with van der Waals surface area (Å²) in [7, 11) is 1.81. The highest BCUT2D eigenvalue weighted by atomic mass is 35.5. The molecule has 1 aliphatic rings. The molecular formula is C13H19ClN2O. The van der Waals surface area contributed by atoms with Crippen molar-refractivity contribution in [1.82, 2.24) is 9.78 Å². The second-order valence-corrected chi connectivity index (χ2v) is 5.70. The van der Waals surface area contributed by atoms with Gasteiger partial charge in [-0.2, -0.15) is 5.10 Å². The minimum Gasteiger partial charge on any atom is -0.299 e. The molecule has 0 amide bonds. The van der Waals surface area contributed by atoms with Crippen molar-refractivity contribution in [2.75, 3.05) is 0 Å². The van der Waals surface area contributed by atoms with Gasteiger partial charge in [-0.05, 0) is 19.8 Å². The van der Waals surface area contributed by atoms with Gasteiger partial charge >= 0.3 is 0 Å². The van der Waals surface area contributed by atoms with E-state index >= 15 is 0 Å². The zero-order valence-corrected chi connectivity index (χ0v) is 11.5. The first-order valence-corrected chi connectivity index (χ1v) is 6.53. The first kappa shape index (κ1) is 12.6. The Morgan fingerprint density at radius 3 is 2.53 bits per heavy atom. The van der Waals surface area contributed by atoms with Crippen molar-refractivity contribution < 1.29 is 4.79 Å². The fourth-order valence-electron chi connectivity index (χ4n) is 2.68. The van der Waals surface area contributed by atoms with Crippen LogP contribution in [0.2, 0.25) is 5.15 Å². The number of nitrogens with zero attached hydrogens (tertiary/aromatic N) is 2. The van der Waals surface area contributed by atoms with Crippen molar-refractivity contribution in [2.45, 2.75) is 46.0 Å². The molecule has 1 fully saturated rings. The Morgan fingerprint density at radius 2 is 2.06 bits per heavy atom. The van der Waals surface area contributed by atoms with Gasteiger partial charge in [0.25, 0.3) is 0 Å². The van der Waals surface area contributed by atoms with Crippen molar-refractivity contribution in [3.05, 3.63) is 16.4 Å². The van der Waals surface area contributed by atoms with E-state index in [-0.39, 0.29) is 5.41 Å². The number of ketones is 1. The van der Waals surface area contributed by atoms with Gasteiger partial charge in [-0.1, -0.05) is 31.4 Å². The number of Topliss-reactive ketones (excluding diaryl/α,β-unsaturated/α-hetero) is 1. The lowest BCUT2D eigenvalue weighted by atomic mass is 9.81. The number of carbonyl (C=O) groups excluding carboxylic acids is 1. The third-order valence-electron chi connectivity index (χ3n) is 3.99. The lowest BCUT2D eigenvalue weighted by molar-refractivity contribution is -0.126. The second-order valence-electron chi connectivity index (χ2n) is 5.35. The predicted molar refractivity (Wildman–Crippen MR) is 68.2 cm³/mol. The van der Waals surface area contributed by atoms with Crippen LogP contribution in [-0.4, -0.2) is 15.6 Å². The van der Waals surface area contributed by atoms with Gasteiger partial charge in [-0.3, -0.25) is 9.48 Å². The van der Waals surface area contributed by atoms with Crippen molar-refractivity contribution in [1.29, 1.82) is 0 Å². The molecule has 0 saturated heterocycles. The molecule has 0 N–H and O–H groups in total. The minimum atomic E-state index is -0.133. The summed E-state index contributed by atoms with van der Waals surface area (Å²) in [6.45, 7) is 3.99. The molecule has 2 rings (SSSR count). The van der Waals surface area contributed by atoms with Crippen LogP contribution in [0.5, 0.6) is 0 Å². The van der Waals surface area contributed by atoms with E-state index in [0.29, 0.717) is 17.4 Å². The van der Waals surface area contributed by atoms with Crippen LogP contribution >= 0.6 is 11.6 Å². The van der Waals surface area contributed by atoms with Gasteiger partial charge in [0.05, 0.1) is 5.69 Å². The quantitative estimate of drug-likeness (QED) is 0.831. The molecule has 0 unspecified atom stereocenters. The molecular weight excluding hydrogens is 236 g/mol. The summed E-state index contributed by atoms with van der Waals surface area (Å²) < 4.78 is 1.64. The van der Waals surface area contributed by atoms with Crippen molar-refractivity contribution in [3.63, 3.8) is 0 Å². The Hall–Kier alpha value is -0.830. The summed E-state index contributed by atoms with van der Waals surface area (Å²) in [4.78, 5) is 12.4. The van der Waals surface area contributed by atoms with E-state index in [9.17, 15) is 4.79 Å². The summed E-state index contributed by atoms with van der Waals surface area (Å²) in [5.41, 5.74) is 1.63. The third kappa shape index (κ3) is 2.25. The minimum absolute atomic E-state index is 0.133. The summed E-state index contributed by atoms with van der Waals surface area (Å²) in [6, 6.07) is 0. The van der Waals surface area contributed by atoms with Gasteiger partial charge in [0, 0.05) is 24.4 Å². The van der Waals surface area contributed by atoms with Crippen molar-refractivity contribution >= 4 is 17.4 Å². The number of halogens is 1. The Kier molecular flexibility index (Phi) is 3.30. The fraction of sp³-hybridized carbons (Fsp3) is 0.692. The number of aromatic nitrogens is 2. The van der Waals surface area contributed by atoms with E-state index in [1.54, 1.807) is 11.7 Å². The molecule has 4 heteroatoms. The van der Waals surface area contributed by atoms with Crippen LogP contribution in [0.1, 0.15) is 43.9 Å². The zero-order chi connectivity index (χ0) is 12.6. The van der Waals surface area contributed by atoms with Gasteiger partial charge in [0.2, 0.25) is 0 Å². The highest BCUT2D eigenvalue weighted by molar-refractivity contribution is 6.30. The van der Waals surface area contributed by atoms with Crippen molar-refractivity contribution in [3.8, 4) is 0 Å². The molecule has 94 valence electrons. The van der Waals surface area contributed by atoms with Crippen LogP contribution in [0.25, 0.3) is 0 Å². The zero-order valence-electron chi connectivity index (χ0n) is 10.7. The highest BCUT2D eigenvalue weighted by Gasteiger charge is 2.36. The molecule has 0 aliphatic heterocycles. The Bertz CT molecular complexity index is 445. The maximum absolute atomic E-state index is 12.4. The lowest BCUT2D eigenvalue weighted by Crippen LogP contribution is -2.26. The van der Waals surface area contributed by atoms with E-state index < -0.39 is 0 Å². The maximum Gasteiger partial charge on any atom is 0.143 e. The van der Waals surface area contributed by atoms with Crippen LogP contribution in [-0.2, 0) is 18.3 Å². The molecule has 1 aliphatic carbocycles. The molecule has 17 heavy (non-hydrogen) atoms. The topological polar surface area (TPSA) is 34.9 Å². The average molecular weight is 255 g/mol. The van der Waals surface area contributed by atoms with Crippen LogP contribution in [0.3, 0.4) is 0 Å². The molecule has 0 bridgehead atoms. The Balaban J connectivity index is 2.18. The lowest BCUT2D eigenvalue weighted by Gasteiger charge is -2.21. The number of hydrogen-bond donors (Lipinski definition) is 0. The SMILES string of the molecule is Cc1nn(C)c(Cl)c1CC(=O)C1(C)CCCC1. The number of rotatable bonds is 3. The first-order valence-electron chi connectivity index (χ1n) is 6.15. The van der Waals surface area contributed by atoms with Crippen LogP contribution in [0.15, 0.2) is 0 Å². The summed E-state index contributed by atoms with van der Waals surface area (Å²) in [5, 5.41) is 4.84. The molecule has 1 saturated carbocycles. The fourth-order valence-corrected chi connectivity index (χ4v) is 2.92. The molecule has 1 aromatic heterocycles. The standard InChI is InChI=1S/C13H19ClN2O/c1-9-10(12(14)16(3)15-9)8-11(17)13(2)6-4-5-7-13/h4-8H2,1-3H3. The van der Waals surface area contributed by atoms with E-state index in [0.717, 1.165) is 24.1 Å². The number of aryl methyl sites for hydroxylation is 2. The molecule has 0 radical (unpaired) electrons. The van der Waals surface area contributed by atoms with Crippen LogP contribution in [0, 0.1) is 12.3 Å². The van der Waals surface area contributed by atoms with E-state index in [2.05, 4.69) is 12.0 Å². The highest BCUT2D eigenvalue weighted by Crippen LogP contribution is 2.39. The van der Waals surface area contributed by atoms with E-state index in [1.807, 2.05) is 6.92 Å². The van der Waals surface area contributed by atoms with Crippen molar-refractivity contribution in [2.24, 2.45) is 12.5 Å². The van der Waals surface area contributed by atoms with Gasteiger partial charge in [-0.25, -0.2) is 0 Å². The largest absolute Gasteiger partial charge is 0.299 e. The van der Waals surface area contributed by atoms with Gasteiger partial charge < -0.3 is 0 Å². The molecule has 3 nitrogen and oxygen atoms in total. The summed E-state index contributed by atoms with van der Waals surface area (Å²) in [6.07, 6.45) is 4.80. The summed E-state index contributed by atoms with van der Waals surface area (Å²) >= 11 is 6.16. The Morgan fingerprint density at radius 1 is 1.47 bits per heavy atom. The molecule has 1 aromatic rings. The maximum atomic E-state index is 12.4. The Labute approximate surface area is 107 Å².